The summed E-state index contributed by atoms with van der Waals surface area (Å²) in [6.45, 7) is 0.297. The molecule has 4 N–H and O–H groups in total. The molecule has 3 aromatic carbocycles. The predicted molar refractivity (Wildman–Crippen MR) is 133 cm³/mol. The lowest BCUT2D eigenvalue weighted by Gasteiger charge is -2.24. The van der Waals surface area contributed by atoms with Crippen LogP contribution in [-0.4, -0.2) is 34.6 Å². The Bertz CT molecular complexity index is 1100. The van der Waals surface area contributed by atoms with E-state index < -0.39 is 36.0 Å². The first-order valence-corrected chi connectivity index (χ1v) is 11.6. The molecule has 2 unspecified atom stereocenters. The number of hydroxylamine groups is 1. The Labute approximate surface area is 204 Å². The van der Waals surface area contributed by atoms with E-state index in [9.17, 15) is 24.7 Å². The quantitative estimate of drug-likeness (QED) is 0.235. The van der Waals surface area contributed by atoms with E-state index in [1.54, 1.807) is 5.48 Å². The molecule has 2 amide bonds. The van der Waals surface area contributed by atoms with E-state index in [2.05, 4.69) is 5.32 Å². The third-order valence-corrected chi connectivity index (χ3v) is 6.02. The van der Waals surface area contributed by atoms with Gasteiger partial charge in [-0.05, 0) is 41.5 Å². The maximum Gasteiger partial charge on any atom is 0.304 e. The van der Waals surface area contributed by atoms with E-state index >= 15 is 0 Å². The van der Waals surface area contributed by atoms with Gasteiger partial charge < -0.3 is 10.4 Å². The summed E-state index contributed by atoms with van der Waals surface area (Å²) in [5.74, 6) is -4.56. The Morgan fingerprint density at radius 2 is 1.26 bits per heavy atom. The molecule has 0 saturated heterocycles. The molecule has 0 saturated carbocycles. The van der Waals surface area contributed by atoms with Crippen molar-refractivity contribution >= 4 is 17.8 Å². The second-order valence-electron chi connectivity index (χ2n) is 8.42. The van der Waals surface area contributed by atoms with E-state index in [1.165, 1.54) is 0 Å². The number of benzene rings is 3. The van der Waals surface area contributed by atoms with Crippen molar-refractivity contribution in [1.82, 2.24) is 10.8 Å². The first-order chi connectivity index (χ1) is 17.0. The summed E-state index contributed by atoms with van der Waals surface area (Å²) in [6.07, 6.45) is 0.741. The minimum Gasteiger partial charge on any atom is -0.481 e. The number of carboxylic acid groups (broad SMARTS) is 1. The molecule has 0 spiro atoms. The Morgan fingerprint density at radius 3 is 1.86 bits per heavy atom. The Kier molecular flexibility index (Phi) is 9.57. The lowest BCUT2D eigenvalue weighted by Crippen LogP contribution is -2.43. The first kappa shape index (κ1) is 25.6. The molecular weight excluding hydrogens is 444 g/mol. The summed E-state index contributed by atoms with van der Waals surface area (Å²) in [4.78, 5) is 36.8. The molecule has 0 radical (unpaired) electrons. The van der Waals surface area contributed by atoms with Crippen molar-refractivity contribution in [1.29, 1.82) is 0 Å². The van der Waals surface area contributed by atoms with Crippen LogP contribution >= 0.6 is 0 Å². The van der Waals surface area contributed by atoms with Crippen LogP contribution in [0.5, 0.6) is 0 Å². The molecule has 7 heteroatoms. The molecule has 0 aliphatic heterocycles. The highest BCUT2D eigenvalue weighted by molar-refractivity contribution is 5.89. The van der Waals surface area contributed by atoms with Crippen molar-refractivity contribution in [2.75, 3.05) is 6.54 Å². The van der Waals surface area contributed by atoms with Crippen LogP contribution in [0.2, 0.25) is 0 Å². The summed E-state index contributed by atoms with van der Waals surface area (Å²) in [7, 11) is 0. The van der Waals surface area contributed by atoms with E-state index in [0.717, 1.165) is 22.3 Å². The summed E-state index contributed by atoms with van der Waals surface area (Å²) in [5, 5.41) is 21.4. The van der Waals surface area contributed by atoms with Crippen LogP contribution in [0.1, 0.15) is 24.0 Å². The van der Waals surface area contributed by atoms with Gasteiger partial charge in [-0.25, -0.2) is 5.48 Å². The number of hydrogen-bond donors (Lipinski definition) is 4. The molecule has 35 heavy (non-hydrogen) atoms. The van der Waals surface area contributed by atoms with Crippen molar-refractivity contribution in [3.8, 4) is 11.1 Å². The van der Waals surface area contributed by atoms with Crippen molar-refractivity contribution < 1.29 is 24.7 Å². The Morgan fingerprint density at radius 1 is 0.686 bits per heavy atom. The molecule has 182 valence electrons. The van der Waals surface area contributed by atoms with Gasteiger partial charge in [0.25, 0.3) is 0 Å². The van der Waals surface area contributed by atoms with Crippen LogP contribution in [-0.2, 0) is 27.2 Å². The largest absolute Gasteiger partial charge is 0.481 e. The predicted octanol–water partition coefficient (Wildman–Crippen LogP) is 3.86. The number of carboxylic acids is 1. The number of hydrogen-bond acceptors (Lipinski definition) is 4. The van der Waals surface area contributed by atoms with Gasteiger partial charge in [0, 0.05) is 6.54 Å². The van der Waals surface area contributed by atoms with E-state index in [4.69, 9.17) is 0 Å². The van der Waals surface area contributed by atoms with E-state index in [0.29, 0.717) is 19.4 Å². The van der Waals surface area contributed by atoms with Gasteiger partial charge in [0.05, 0.1) is 18.3 Å². The fourth-order valence-electron chi connectivity index (χ4n) is 4.13. The second kappa shape index (κ2) is 13.1. The smallest absolute Gasteiger partial charge is 0.304 e. The van der Waals surface area contributed by atoms with Crippen LogP contribution in [0.4, 0.5) is 0 Å². The third kappa shape index (κ3) is 7.79. The average molecular weight is 475 g/mol. The van der Waals surface area contributed by atoms with E-state index in [1.807, 2.05) is 84.9 Å². The van der Waals surface area contributed by atoms with Gasteiger partial charge in [0.2, 0.25) is 11.8 Å². The average Bonchev–Trinajstić information content (AvgIpc) is 2.89. The van der Waals surface area contributed by atoms with Crippen LogP contribution in [0.15, 0.2) is 84.9 Å². The van der Waals surface area contributed by atoms with Gasteiger partial charge in [0.1, 0.15) is 0 Å². The molecule has 0 bridgehead atoms. The fraction of sp³-hybridized carbons (Fsp3) is 0.250. The summed E-state index contributed by atoms with van der Waals surface area (Å²) < 4.78 is 0. The number of aryl methyl sites for hydroxylation is 1. The summed E-state index contributed by atoms with van der Waals surface area (Å²) in [5.41, 5.74) is 5.79. The van der Waals surface area contributed by atoms with Gasteiger partial charge in [-0.1, -0.05) is 84.9 Å². The highest BCUT2D eigenvalue weighted by atomic mass is 16.5. The van der Waals surface area contributed by atoms with E-state index in [-0.39, 0.29) is 6.42 Å². The lowest BCUT2D eigenvalue weighted by molar-refractivity contribution is -0.146. The Balaban J connectivity index is 1.62. The molecule has 0 aliphatic rings. The third-order valence-electron chi connectivity index (χ3n) is 6.02. The zero-order chi connectivity index (χ0) is 25.0. The SMILES string of the molecule is O=C(O)CC(C(=O)NCCc1ccc(-c2ccccc2)cc1)C(CCc1ccccc1)C(=O)NO. The number of carbonyl (C=O) groups excluding carboxylic acids is 2. The fourth-order valence-corrected chi connectivity index (χ4v) is 4.13. The summed E-state index contributed by atoms with van der Waals surface area (Å²) in [6, 6.07) is 27.4. The maximum absolute atomic E-state index is 12.9. The topological polar surface area (TPSA) is 116 Å². The second-order valence-corrected chi connectivity index (χ2v) is 8.42. The molecule has 0 heterocycles. The number of carbonyl (C=O) groups is 3. The van der Waals surface area contributed by atoms with Crippen molar-refractivity contribution in [2.45, 2.75) is 25.7 Å². The maximum atomic E-state index is 12.9. The van der Waals surface area contributed by atoms with Gasteiger partial charge in [0.15, 0.2) is 0 Å². The van der Waals surface area contributed by atoms with Crippen LogP contribution in [0, 0.1) is 11.8 Å². The van der Waals surface area contributed by atoms with Gasteiger partial charge in [-0.3, -0.25) is 19.6 Å². The molecule has 7 nitrogen and oxygen atoms in total. The van der Waals surface area contributed by atoms with Gasteiger partial charge in [-0.2, -0.15) is 0 Å². The number of nitrogens with one attached hydrogen (secondary N) is 2. The zero-order valence-electron chi connectivity index (χ0n) is 19.4. The van der Waals surface area contributed by atoms with Crippen LogP contribution < -0.4 is 10.8 Å². The van der Waals surface area contributed by atoms with Gasteiger partial charge >= 0.3 is 5.97 Å². The molecule has 3 aromatic rings. The molecule has 0 aliphatic carbocycles. The zero-order valence-corrected chi connectivity index (χ0v) is 19.4. The monoisotopic (exact) mass is 474 g/mol. The number of rotatable bonds is 12. The van der Waals surface area contributed by atoms with Gasteiger partial charge in [-0.15, -0.1) is 0 Å². The standard InChI is InChI=1S/C28H30N2O5/c31-26(32)19-25(24(28(34)30-35)16-13-20-7-3-1-4-8-20)27(33)29-18-17-21-11-14-23(15-12-21)22-9-5-2-6-10-22/h1-12,14-15,24-25,35H,13,16-19H2,(H,29,33)(H,30,34)(H,31,32). The number of aliphatic carboxylic acids is 1. The van der Waals surface area contributed by atoms with Crippen molar-refractivity contribution in [3.05, 3.63) is 96.1 Å². The molecule has 3 rings (SSSR count). The Hall–Kier alpha value is -3.97. The molecule has 0 fully saturated rings. The molecule has 2 atom stereocenters. The highest BCUT2D eigenvalue weighted by Crippen LogP contribution is 2.23. The van der Waals surface area contributed by atoms with Crippen LogP contribution in [0.3, 0.4) is 0 Å². The highest BCUT2D eigenvalue weighted by Gasteiger charge is 2.35. The normalized spacial score (nSPS) is 12.4. The molecular formula is C28H30N2O5. The molecule has 0 aromatic heterocycles. The van der Waals surface area contributed by atoms with Crippen molar-refractivity contribution in [3.63, 3.8) is 0 Å². The number of amides is 2. The first-order valence-electron chi connectivity index (χ1n) is 11.6. The summed E-state index contributed by atoms with van der Waals surface area (Å²) >= 11 is 0. The minimum absolute atomic E-state index is 0.225. The van der Waals surface area contributed by atoms with Crippen molar-refractivity contribution in [2.24, 2.45) is 11.8 Å². The minimum atomic E-state index is -1.18. The lowest BCUT2D eigenvalue weighted by atomic mass is 9.83. The van der Waals surface area contributed by atoms with Crippen LogP contribution in [0.25, 0.3) is 11.1 Å².